The van der Waals surface area contributed by atoms with Gasteiger partial charge in [-0.25, -0.2) is 0 Å². The summed E-state index contributed by atoms with van der Waals surface area (Å²) in [6.45, 7) is 5.81. The van der Waals surface area contributed by atoms with E-state index in [9.17, 15) is 14.9 Å². The summed E-state index contributed by atoms with van der Waals surface area (Å²) in [7, 11) is 1.73. The Labute approximate surface area is 146 Å². The predicted octanol–water partition coefficient (Wildman–Crippen LogP) is 1.91. The lowest BCUT2D eigenvalue weighted by Gasteiger charge is -2.39. The highest BCUT2D eigenvalue weighted by Crippen LogP contribution is 2.32. The maximum Gasteiger partial charge on any atom is 0.237 e. The molecule has 1 saturated carbocycles. The summed E-state index contributed by atoms with van der Waals surface area (Å²) in [5, 5.41) is 12.5. The zero-order valence-electron chi connectivity index (χ0n) is 15.4. The van der Waals surface area contributed by atoms with Crippen LogP contribution in [0.5, 0.6) is 0 Å². The Morgan fingerprint density at radius 3 is 2.33 bits per heavy atom. The topological polar surface area (TPSA) is 76.4 Å². The molecule has 6 nitrogen and oxygen atoms in total. The van der Waals surface area contributed by atoms with Crippen LogP contribution < -0.4 is 5.32 Å². The van der Waals surface area contributed by atoms with Gasteiger partial charge in [-0.3, -0.25) is 14.5 Å². The molecule has 2 amide bonds. The first-order valence-electron chi connectivity index (χ1n) is 9.16. The number of rotatable bonds is 9. The summed E-state index contributed by atoms with van der Waals surface area (Å²) in [5.74, 6) is -0.122. The number of hydrogen-bond donors (Lipinski definition) is 1. The monoisotopic (exact) mass is 336 g/mol. The van der Waals surface area contributed by atoms with Crippen LogP contribution in [0.25, 0.3) is 0 Å². The van der Waals surface area contributed by atoms with Gasteiger partial charge in [0.15, 0.2) is 0 Å². The van der Waals surface area contributed by atoms with Crippen molar-refractivity contribution in [3.8, 4) is 6.07 Å². The number of nitriles is 1. The highest BCUT2D eigenvalue weighted by atomic mass is 16.2. The molecule has 0 heterocycles. The number of nitrogens with one attached hydrogen (secondary N) is 1. The van der Waals surface area contributed by atoms with Crippen molar-refractivity contribution in [1.82, 2.24) is 15.1 Å². The van der Waals surface area contributed by atoms with Gasteiger partial charge in [-0.1, -0.05) is 33.1 Å². The van der Waals surface area contributed by atoms with Crippen molar-refractivity contribution in [2.75, 3.05) is 33.2 Å². The fraction of sp³-hybridized carbons (Fsp3) is 0.833. The molecule has 136 valence electrons. The second kappa shape index (κ2) is 10.3. The Morgan fingerprint density at radius 1 is 1.12 bits per heavy atom. The van der Waals surface area contributed by atoms with Crippen LogP contribution in [0.15, 0.2) is 0 Å². The Bertz CT molecular complexity index is 452. The minimum absolute atomic E-state index is 0.0478. The molecule has 0 aromatic heterocycles. The lowest BCUT2D eigenvalue weighted by atomic mass is 9.81. The first-order valence-corrected chi connectivity index (χ1v) is 9.16. The molecule has 0 unspecified atom stereocenters. The Hall–Kier alpha value is -1.61. The van der Waals surface area contributed by atoms with E-state index in [0.29, 0.717) is 13.1 Å². The van der Waals surface area contributed by atoms with E-state index in [4.69, 9.17) is 0 Å². The minimum Gasteiger partial charge on any atom is -0.355 e. The number of carbonyl (C=O) groups excluding carboxylic acids is 2. The highest BCUT2D eigenvalue weighted by molar-refractivity contribution is 5.81. The molecule has 0 aromatic carbocycles. The van der Waals surface area contributed by atoms with Crippen LogP contribution in [0.1, 0.15) is 58.8 Å². The van der Waals surface area contributed by atoms with Crippen molar-refractivity contribution in [2.24, 2.45) is 0 Å². The minimum atomic E-state index is -0.669. The standard InChI is InChI=1S/C18H32N4O2/c1-4-11-20-16(23)13-22(12-5-2)14-17(24)21(3)18(15-19)9-7-6-8-10-18/h4-14H2,1-3H3,(H,20,23). The highest BCUT2D eigenvalue weighted by Gasteiger charge is 2.39. The van der Waals surface area contributed by atoms with Gasteiger partial charge < -0.3 is 10.2 Å². The zero-order valence-corrected chi connectivity index (χ0v) is 15.4. The van der Waals surface area contributed by atoms with E-state index in [0.717, 1.165) is 44.9 Å². The third-order valence-corrected chi connectivity index (χ3v) is 4.74. The molecule has 1 N–H and O–H groups in total. The van der Waals surface area contributed by atoms with Crippen molar-refractivity contribution < 1.29 is 9.59 Å². The summed E-state index contributed by atoms with van der Waals surface area (Å²) in [6, 6.07) is 2.38. The third kappa shape index (κ3) is 5.79. The summed E-state index contributed by atoms with van der Waals surface area (Å²) in [6.07, 6.45) is 6.37. The number of amides is 2. The van der Waals surface area contributed by atoms with Crippen LogP contribution in [-0.4, -0.2) is 60.4 Å². The lowest BCUT2D eigenvalue weighted by Crippen LogP contribution is -2.53. The van der Waals surface area contributed by atoms with Gasteiger partial charge in [-0.15, -0.1) is 0 Å². The summed E-state index contributed by atoms with van der Waals surface area (Å²) in [5.41, 5.74) is -0.669. The fourth-order valence-corrected chi connectivity index (χ4v) is 3.25. The van der Waals surface area contributed by atoms with Crippen molar-refractivity contribution in [1.29, 1.82) is 5.26 Å². The molecule has 0 bridgehead atoms. The van der Waals surface area contributed by atoms with E-state index >= 15 is 0 Å². The van der Waals surface area contributed by atoms with E-state index in [1.807, 2.05) is 18.7 Å². The van der Waals surface area contributed by atoms with Gasteiger partial charge in [0.2, 0.25) is 11.8 Å². The number of carbonyl (C=O) groups is 2. The predicted molar refractivity (Wildman–Crippen MR) is 94.2 cm³/mol. The van der Waals surface area contributed by atoms with E-state index < -0.39 is 5.54 Å². The first kappa shape index (κ1) is 20.4. The molecule has 1 aliphatic carbocycles. The van der Waals surface area contributed by atoms with Crippen LogP contribution in [0, 0.1) is 11.3 Å². The summed E-state index contributed by atoms with van der Waals surface area (Å²) in [4.78, 5) is 28.1. The van der Waals surface area contributed by atoms with Crippen LogP contribution in [0.2, 0.25) is 0 Å². The molecule has 1 aliphatic rings. The van der Waals surface area contributed by atoms with Crippen molar-refractivity contribution in [3.05, 3.63) is 0 Å². The van der Waals surface area contributed by atoms with Gasteiger partial charge in [0.05, 0.1) is 19.2 Å². The van der Waals surface area contributed by atoms with Gasteiger partial charge in [-0.05, 0) is 32.2 Å². The van der Waals surface area contributed by atoms with Crippen molar-refractivity contribution in [3.63, 3.8) is 0 Å². The summed E-state index contributed by atoms with van der Waals surface area (Å²) >= 11 is 0. The molecular formula is C18H32N4O2. The molecule has 1 rings (SSSR count). The fourth-order valence-electron chi connectivity index (χ4n) is 3.25. The maximum atomic E-state index is 12.7. The maximum absolute atomic E-state index is 12.7. The van der Waals surface area contributed by atoms with Gasteiger partial charge >= 0.3 is 0 Å². The van der Waals surface area contributed by atoms with Gasteiger partial charge in [-0.2, -0.15) is 5.26 Å². The molecular weight excluding hydrogens is 304 g/mol. The zero-order chi connectivity index (χ0) is 18.0. The molecule has 0 spiro atoms. The Morgan fingerprint density at radius 2 is 1.79 bits per heavy atom. The first-order chi connectivity index (χ1) is 11.5. The lowest BCUT2D eigenvalue weighted by molar-refractivity contribution is -0.136. The quantitative estimate of drug-likeness (QED) is 0.698. The molecule has 0 atom stereocenters. The SMILES string of the molecule is CCCNC(=O)CN(CCC)CC(=O)N(C)C1(C#N)CCCCC1. The Balaban J connectivity index is 2.66. The van der Waals surface area contributed by atoms with Gasteiger partial charge in [0, 0.05) is 13.6 Å². The van der Waals surface area contributed by atoms with Gasteiger partial charge in [0.25, 0.3) is 0 Å². The molecule has 0 radical (unpaired) electrons. The average molecular weight is 336 g/mol. The van der Waals surface area contributed by atoms with Crippen molar-refractivity contribution >= 4 is 11.8 Å². The van der Waals surface area contributed by atoms with E-state index in [-0.39, 0.29) is 24.9 Å². The number of likely N-dealkylation sites (N-methyl/N-ethyl adjacent to an activating group) is 1. The molecule has 0 saturated heterocycles. The third-order valence-electron chi connectivity index (χ3n) is 4.74. The molecule has 1 fully saturated rings. The number of hydrogen-bond acceptors (Lipinski definition) is 4. The Kier molecular flexibility index (Phi) is 8.77. The van der Waals surface area contributed by atoms with Gasteiger partial charge in [0.1, 0.15) is 5.54 Å². The summed E-state index contributed by atoms with van der Waals surface area (Å²) < 4.78 is 0. The molecule has 6 heteroatoms. The second-order valence-electron chi connectivity index (χ2n) is 6.72. The van der Waals surface area contributed by atoms with Crippen LogP contribution in [0.4, 0.5) is 0 Å². The molecule has 24 heavy (non-hydrogen) atoms. The van der Waals surface area contributed by atoms with E-state index in [1.54, 1.807) is 11.9 Å². The van der Waals surface area contributed by atoms with Crippen LogP contribution in [-0.2, 0) is 9.59 Å². The van der Waals surface area contributed by atoms with E-state index in [2.05, 4.69) is 11.4 Å². The molecule has 0 aliphatic heterocycles. The van der Waals surface area contributed by atoms with Crippen molar-refractivity contribution in [2.45, 2.75) is 64.3 Å². The van der Waals surface area contributed by atoms with E-state index in [1.165, 1.54) is 0 Å². The van der Waals surface area contributed by atoms with Crippen LogP contribution >= 0.6 is 0 Å². The molecule has 0 aromatic rings. The second-order valence-corrected chi connectivity index (χ2v) is 6.72. The smallest absolute Gasteiger partial charge is 0.237 e. The largest absolute Gasteiger partial charge is 0.355 e. The normalized spacial score (nSPS) is 16.5. The van der Waals surface area contributed by atoms with Crippen LogP contribution in [0.3, 0.4) is 0 Å². The average Bonchev–Trinajstić information content (AvgIpc) is 2.59. The number of nitrogens with zero attached hydrogens (tertiary/aromatic N) is 3.